The normalized spacial score (nSPS) is 13.9. The van der Waals surface area contributed by atoms with E-state index >= 15 is 0 Å². The van der Waals surface area contributed by atoms with Gasteiger partial charge in [-0.2, -0.15) is 0 Å². The summed E-state index contributed by atoms with van der Waals surface area (Å²) in [6.45, 7) is 6.61. The summed E-state index contributed by atoms with van der Waals surface area (Å²) in [5, 5.41) is 5.94. The van der Waals surface area contributed by atoms with Gasteiger partial charge in [0.1, 0.15) is 0 Å². The Balaban J connectivity index is 1.79. The van der Waals surface area contributed by atoms with Gasteiger partial charge >= 0.3 is 6.03 Å². The largest absolute Gasteiger partial charge is 0.350 e. The van der Waals surface area contributed by atoms with Gasteiger partial charge in [0.2, 0.25) is 0 Å². The molecule has 0 aliphatic carbocycles. The molecule has 136 valence electrons. The van der Waals surface area contributed by atoms with Crippen molar-refractivity contribution in [2.45, 2.75) is 39.7 Å². The molecular weight excluding hydrogens is 326 g/mol. The predicted molar refractivity (Wildman–Crippen MR) is 105 cm³/mol. The number of hydrogen-bond acceptors (Lipinski definition) is 2. The molecule has 3 amide bonds. The first-order chi connectivity index (χ1) is 12.5. The number of carbonyl (C=O) groups excluding carboxylic acids is 2. The molecule has 0 saturated carbocycles. The zero-order chi connectivity index (χ0) is 18.7. The molecule has 1 aliphatic heterocycles. The molecule has 5 heteroatoms. The Labute approximate surface area is 154 Å². The number of carbonyl (C=O) groups is 2. The second-order valence-electron chi connectivity index (χ2n) is 6.78. The van der Waals surface area contributed by atoms with Crippen molar-refractivity contribution in [3.05, 3.63) is 59.2 Å². The summed E-state index contributed by atoms with van der Waals surface area (Å²) >= 11 is 0. The van der Waals surface area contributed by atoms with Crippen molar-refractivity contribution in [2.24, 2.45) is 0 Å². The quantitative estimate of drug-likeness (QED) is 0.870. The number of benzene rings is 2. The van der Waals surface area contributed by atoms with E-state index in [4.69, 9.17) is 0 Å². The number of rotatable bonds is 4. The predicted octanol–water partition coefficient (Wildman–Crippen LogP) is 4.12. The Morgan fingerprint density at radius 2 is 1.88 bits per heavy atom. The molecule has 0 aromatic heterocycles. The average molecular weight is 351 g/mol. The number of amides is 3. The first-order valence-corrected chi connectivity index (χ1v) is 9.07. The van der Waals surface area contributed by atoms with Gasteiger partial charge in [0.15, 0.2) is 0 Å². The van der Waals surface area contributed by atoms with E-state index in [9.17, 15) is 9.59 Å². The van der Waals surface area contributed by atoms with Gasteiger partial charge < -0.3 is 10.6 Å². The highest BCUT2D eigenvalue weighted by Gasteiger charge is 2.28. The summed E-state index contributed by atoms with van der Waals surface area (Å²) in [6.07, 6.45) is 1.56. The van der Waals surface area contributed by atoms with Crippen LogP contribution in [0.1, 0.15) is 41.8 Å². The van der Waals surface area contributed by atoms with Crippen LogP contribution in [0.25, 0.3) is 0 Å². The first kappa shape index (κ1) is 18.0. The standard InChI is InChI=1S/C21H25N3O2/c1-4-15(3)22-20(25)18-6-5-7-19-17(18)12-13-24(19)21(26)23-16-10-8-14(2)9-11-16/h5-11,15H,4,12-13H2,1-3H3,(H,22,25)(H,23,26). The number of nitrogens with zero attached hydrogens (tertiary/aromatic N) is 1. The lowest BCUT2D eigenvalue weighted by Crippen LogP contribution is -2.33. The molecule has 1 atom stereocenters. The van der Waals surface area contributed by atoms with Gasteiger partial charge in [-0.15, -0.1) is 0 Å². The Morgan fingerprint density at radius 1 is 1.15 bits per heavy atom. The van der Waals surface area contributed by atoms with E-state index in [0.29, 0.717) is 18.5 Å². The maximum atomic E-state index is 12.7. The van der Waals surface area contributed by atoms with E-state index in [2.05, 4.69) is 10.6 Å². The Kier molecular flexibility index (Phi) is 5.26. The van der Waals surface area contributed by atoms with Crippen LogP contribution in [0.2, 0.25) is 0 Å². The Hall–Kier alpha value is -2.82. The van der Waals surface area contributed by atoms with Gasteiger partial charge in [-0.3, -0.25) is 9.69 Å². The monoisotopic (exact) mass is 351 g/mol. The third-order valence-corrected chi connectivity index (χ3v) is 4.81. The second-order valence-corrected chi connectivity index (χ2v) is 6.78. The summed E-state index contributed by atoms with van der Waals surface area (Å²) in [7, 11) is 0. The van der Waals surface area contributed by atoms with Crippen molar-refractivity contribution in [2.75, 3.05) is 16.8 Å². The van der Waals surface area contributed by atoms with E-state index in [0.717, 1.165) is 28.9 Å². The average Bonchev–Trinajstić information content (AvgIpc) is 3.07. The van der Waals surface area contributed by atoms with E-state index in [1.165, 1.54) is 0 Å². The van der Waals surface area contributed by atoms with Gasteiger partial charge in [0, 0.05) is 29.5 Å². The molecule has 0 spiro atoms. The highest BCUT2D eigenvalue weighted by atomic mass is 16.2. The van der Waals surface area contributed by atoms with Crippen LogP contribution in [-0.4, -0.2) is 24.5 Å². The van der Waals surface area contributed by atoms with Crippen molar-refractivity contribution in [3.8, 4) is 0 Å². The zero-order valence-corrected chi connectivity index (χ0v) is 15.5. The highest BCUT2D eigenvalue weighted by molar-refractivity contribution is 6.05. The number of aryl methyl sites for hydroxylation is 1. The number of urea groups is 1. The summed E-state index contributed by atoms with van der Waals surface area (Å²) < 4.78 is 0. The van der Waals surface area contributed by atoms with Crippen LogP contribution in [0.4, 0.5) is 16.2 Å². The molecular formula is C21H25N3O2. The molecule has 3 rings (SSSR count). The fourth-order valence-electron chi connectivity index (χ4n) is 3.09. The molecule has 2 aromatic rings. The van der Waals surface area contributed by atoms with Crippen LogP contribution < -0.4 is 15.5 Å². The van der Waals surface area contributed by atoms with Crippen LogP contribution in [0, 0.1) is 6.92 Å². The van der Waals surface area contributed by atoms with Crippen molar-refractivity contribution in [1.82, 2.24) is 5.32 Å². The number of fused-ring (bicyclic) bond motifs is 1. The highest BCUT2D eigenvalue weighted by Crippen LogP contribution is 2.31. The van der Waals surface area contributed by atoms with Gasteiger partial charge in [-0.25, -0.2) is 4.79 Å². The lowest BCUT2D eigenvalue weighted by atomic mass is 10.0. The van der Waals surface area contributed by atoms with Crippen molar-refractivity contribution in [1.29, 1.82) is 0 Å². The molecule has 1 unspecified atom stereocenters. The van der Waals surface area contributed by atoms with Gasteiger partial charge in [-0.1, -0.05) is 30.7 Å². The third kappa shape index (κ3) is 3.72. The van der Waals surface area contributed by atoms with Crippen molar-refractivity contribution < 1.29 is 9.59 Å². The van der Waals surface area contributed by atoms with E-state index < -0.39 is 0 Å². The second kappa shape index (κ2) is 7.60. The summed E-state index contributed by atoms with van der Waals surface area (Å²) in [5.74, 6) is -0.0722. The minimum atomic E-state index is -0.174. The lowest BCUT2D eigenvalue weighted by Gasteiger charge is -2.19. The third-order valence-electron chi connectivity index (χ3n) is 4.81. The maximum Gasteiger partial charge on any atom is 0.326 e. The van der Waals surface area contributed by atoms with Gasteiger partial charge in [0.25, 0.3) is 5.91 Å². The van der Waals surface area contributed by atoms with Crippen LogP contribution in [0.15, 0.2) is 42.5 Å². The van der Waals surface area contributed by atoms with Crippen LogP contribution in [0.5, 0.6) is 0 Å². The minimum absolute atomic E-state index is 0.0722. The van der Waals surface area contributed by atoms with E-state index in [1.54, 1.807) is 4.90 Å². The van der Waals surface area contributed by atoms with Gasteiger partial charge in [0.05, 0.1) is 0 Å². The smallest absolute Gasteiger partial charge is 0.326 e. The van der Waals surface area contributed by atoms with Gasteiger partial charge in [-0.05, 0) is 56.5 Å². The minimum Gasteiger partial charge on any atom is -0.350 e. The molecule has 0 bridgehead atoms. The number of anilines is 2. The Morgan fingerprint density at radius 3 is 2.58 bits per heavy atom. The topological polar surface area (TPSA) is 61.4 Å². The molecule has 0 saturated heterocycles. The zero-order valence-electron chi connectivity index (χ0n) is 15.5. The van der Waals surface area contributed by atoms with E-state index in [1.807, 2.05) is 63.2 Å². The fraction of sp³-hybridized carbons (Fsp3) is 0.333. The summed E-state index contributed by atoms with van der Waals surface area (Å²) in [4.78, 5) is 26.9. The number of nitrogens with one attached hydrogen (secondary N) is 2. The SMILES string of the molecule is CCC(C)NC(=O)c1cccc2c1CCN2C(=O)Nc1ccc(C)cc1. The number of hydrogen-bond donors (Lipinski definition) is 2. The Bertz CT molecular complexity index is 815. The van der Waals surface area contributed by atoms with E-state index in [-0.39, 0.29) is 18.0 Å². The van der Waals surface area contributed by atoms with Crippen LogP contribution >= 0.6 is 0 Å². The van der Waals surface area contributed by atoms with Crippen molar-refractivity contribution >= 4 is 23.3 Å². The van der Waals surface area contributed by atoms with Crippen molar-refractivity contribution in [3.63, 3.8) is 0 Å². The molecule has 1 heterocycles. The fourth-order valence-corrected chi connectivity index (χ4v) is 3.09. The van der Waals surface area contributed by atoms with Crippen LogP contribution in [-0.2, 0) is 6.42 Å². The molecule has 2 aromatic carbocycles. The lowest BCUT2D eigenvalue weighted by molar-refractivity contribution is 0.0938. The maximum absolute atomic E-state index is 12.7. The molecule has 0 radical (unpaired) electrons. The first-order valence-electron chi connectivity index (χ1n) is 9.07. The molecule has 26 heavy (non-hydrogen) atoms. The molecule has 2 N–H and O–H groups in total. The van der Waals surface area contributed by atoms with Crippen LogP contribution in [0.3, 0.4) is 0 Å². The molecule has 0 fully saturated rings. The molecule has 1 aliphatic rings. The molecule has 5 nitrogen and oxygen atoms in total. The summed E-state index contributed by atoms with van der Waals surface area (Å²) in [5.41, 5.74) is 4.32. The summed E-state index contributed by atoms with van der Waals surface area (Å²) in [6, 6.07) is 13.2.